The Hall–Kier alpha value is -1.02. The van der Waals surface area contributed by atoms with Crippen molar-refractivity contribution in [3.05, 3.63) is 36.6 Å². The highest BCUT2D eigenvalue weighted by molar-refractivity contribution is 5.20. The van der Waals surface area contributed by atoms with E-state index in [1.165, 1.54) is 18.7 Å². The van der Waals surface area contributed by atoms with Gasteiger partial charge in [0.15, 0.2) is 0 Å². The van der Waals surface area contributed by atoms with E-state index in [1.54, 1.807) is 0 Å². The molecule has 1 aliphatic rings. The molecule has 0 saturated carbocycles. The normalized spacial score (nSPS) is 20.7. The van der Waals surface area contributed by atoms with Crippen molar-refractivity contribution >= 4 is 0 Å². The number of likely N-dealkylation sites (N-methyl/N-ethyl adjacent to an activating group) is 1. The first kappa shape index (κ1) is 12.1. The Labute approximate surface area is 93.6 Å². The number of hydrogen-bond donors (Lipinski definition) is 0. The zero-order chi connectivity index (χ0) is 11.1. The van der Waals surface area contributed by atoms with Gasteiger partial charge >= 0.3 is 0 Å². The van der Waals surface area contributed by atoms with Gasteiger partial charge in [0, 0.05) is 25.3 Å². The molecule has 0 aromatic rings. The van der Waals surface area contributed by atoms with Crippen LogP contribution < -0.4 is 0 Å². The lowest BCUT2D eigenvalue weighted by atomic mass is 10.3. The highest BCUT2D eigenvalue weighted by Gasteiger charge is 2.12. The average Bonchev–Trinajstić information content (AvgIpc) is 2.45. The van der Waals surface area contributed by atoms with Gasteiger partial charge in [0.25, 0.3) is 0 Å². The fourth-order valence-corrected chi connectivity index (χ4v) is 1.86. The number of hydrogen-bond acceptors (Lipinski definition) is 2. The standard InChI is InChI=1S/C13H22N2/c1-4-6-8-13(5-2)15-10-7-9-14(3)11-12-15/h4-6,8H,1,7,9-12H2,2-3H3/b8-6-,13-5+. The van der Waals surface area contributed by atoms with Gasteiger partial charge in [-0.25, -0.2) is 0 Å². The molecule has 0 amide bonds. The first-order valence-corrected chi connectivity index (χ1v) is 5.67. The van der Waals surface area contributed by atoms with Gasteiger partial charge in [-0.1, -0.05) is 24.8 Å². The Balaban J connectivity index is 2.60. The minimum absolute atomic E-state index is 1.12. The van der Waals surface area contributed by atoms with Crippen molar-refractivity contribution < 1.29 is 0 Å². The van der Waals surface area contributed by atoms with Crippen molar-refractivity contribution in [3.8, 4) is 0 Å². The van der Waals surface area contributed by atoms with Crippen LogP contribution in [0.25, 0.3) is 0 Å². The minimum Gasteiger partial charge on any atom is -0.370 e. The van der Waals surface area contributed by atoms with Crippen LogP contribution >= 0.6 is 0 Å². The van der Waals surface area contributed by atoms with Crippen molar-refractivity contribution in [2.75, 3.05) is 33.2 Å². The molecule has 0 aromatic heterocycles. The molecule has 2 nitrogen and oxygen atoms in total. The average molecular weight is 206 g/mol. The van der Waals surface area contributed by atoms with Crippen LogP contribution in [0.15, 0.2) is 36.6 Å². The molecule has 0 unspecified atom stereocenters. The maximum atomic E-state index is 3.70. The second-order valence-corrected chi connectivity index (χ2v) is 3.95. The molecule has 2 heteroatoms. The van der Waals surface area contributed by atoms with E-state index in [-0.39, 0.29) is 0 Å². The largest absolute Gasteiger partial charge is 0.370 e. The van der Waals surface area contributed by atoms with E-state index in [9.17, 15) is 0 Å². The fourth-order valence-electron chi connectivity index (χ4n) is 1.86. The quantitative estimate of drug-likeness (QED) is 0.654. The van der Waals surface area contributed by atoms with Crippen LogP contribution in [0.5, 0.6) is 0 Å². The lowest BCUT2D eigenvalue weighted by molar-refractivity contribution is 0.330. The van der Waals surface area contributed by atoms with Gasteiger partial charge in [-0.15, -0.1) is 0 Å². The van der Waals surface area contributed by atoms with Gasteiger partial charge in [0.05, 0.1) is 0 Å². The van der Waals surface area contributed by atoms with Crippen molar-refractivity contribution in [3.63, 3.8) is 0 Å². The molecular formula is C13H22N2. The summed E-state index contributed by atoms with van der Waals surface area (Å²) in [6.07, 6.45) is 9.39. The van der Waals surface area contributed by atoms with Gasteiger partial charge in [-0.2, -0.15) is 0 Å². The Morgan fingerprint density at radius 3 is 2.67 bits per heavy atom. The van der Waals surface area contributed by atoms with Crippen LogP contribution in [0, 0.1) is 0 Å². The zero-order valence-corrected chi connectivity index (χ0v) is 9.95. The summed E-state index contributed by atoms with van der Waals surface area (Å²) >= 11 is 0. The highest BCUT2D eigenvalue weighted by atomic mass is 15.2. The van der Waals surface area contributed by atoms with Gasteiger partial charge in [-0.3, -0.25) is 0 Å². The van der Waals surface area contributed by atoms with Crippen LogP contribution in [-0.2, 0) is 0 Å². The van der Waals surface area contributed by atoms with E-state index in [0.717, 1.165) is 19.6 Å². The molecule has 0 spiro atoms. The molecule has 0 atom stereocenters. The molecule has 1 saturated heterocycles. The maximum Gasteiger partial charge on any atom is 0.0323 e. The third-order valence-corrected chi connectivity index (χ3v) is 2.78. The summed E-state index contributed by atoms with van der Waals surface area (Å²) in [4.78, 5) is 4.84. The fraction of sp³-hybridized carbons (Fsp3) is 0.538. The van der Waals surface area contributed by atoms with Gasteiger partial charge in [-0.05, 0) is 33.0 Å². The first-order valence-electron chi connectivity index (χ1n) is 5.67. The van der Waals surface area contributed by atoms with Crippen LogP contribution in [0.1, 0.15) is 13.3 Å². The maximum absolute atomic E-state index is 3.70. The molecule has 1 rings (SSSR count). The van der Waals surface area contributed by atoms with E-state index >= 15 is 0 Å². The Morgan fingerprint density at radius 1 is 1.20 bits per heavy atom. The summed E-state index contributed by atoms with van der Waals surface area (Å²) in [5.41, 5.74) is 1.31. The SMILES string of the molecule is C=C/C=C\C(=C/C)N1CCCN(C)CC1. The third kappa shape index (κ3) is 3.92. The summed E-state index contributed by atoms with van der Waals surface area (Å²) in [6.45, 7) is 10.4. The summed E-state index contributed by atoms with van der Waals surface area (Å²) in [5.74, 6) is 0. The topological polar surface area (TPSA) is 6.48 Å². The Kier molecular flexibility index (Phi) is 5.19. The lowest BCUT2D eigenvalue weighted by Gasteiger charge is -2.23. The second kappa shape index (κ2) is 6.46. The second-order valence-electron chi connectivity index (χ2n) is 3.95. The summed E-state index contributed by atoms with van der Waals surface area (Å²) in [7, 11) is 2.19. The van der Waals surface area contributed by atoms with Crippen LogP contribution in [-0.4, -0.2) is 43.0 Å². The molecule has 1 aliphatic heterocycles. The van der Waals surface area contributed by atoms with Crippen molar-refractivity contribution in [1.82, 2.24) is 9.80 Å². The van der Waals surface area contributed by atoms with Crippen LogP contribution in [0.3, 0.4) is 0 Å². The van der Waals surface area contributed by atoms with Crippen LogP contribution in [0.4, 0.5) is 0 Å². The molecular weight excluding hydrogens is 184 g/mol. The molecule has 84 valence electrons. The van der Waals surface area contributed by atoms with Crippen molar-refractivity contribution in [2.45, 2.75) is 13.3 Å². The Morgan fingerprint density at radius 2 is 2.00 bits per heavy atom. The smallest absolute Gasteiger partial charge is 0.0323 e. The van der Waals surface area contributed by atoms with E-state index in [0.29, 0.717) is 0 Å². The van der Waals surface area contributed by atoms with Crippen molar-refractivity contribution in [2.24, 2.45) is 0 Å². The number of rotatable bonds is 3. The van der Waals surface area contributed by atoms with Gasteiger partial charge in [0.2, 0.25) is 0 Å². The molecule has 0 aromatic carbocycles. The lowest BCUT2D eigenvalue weighted by Crippen LogP contribution is -2.27. The molecule has 1 heterocycles. The third-order valence-electron chi connectivity index (χ3n) is 2.78. The molecule has 0 N–H and O–H groups in total. The molecule has 0 bridgehead atoms. The van der Waals surface area contributed by atoms with Gasteiger partial charge < -0.3 is 9.80 Å². The Bertz CT molecular complexity index is 253. The summed E-state index contributed by atoms with van der Waals surface area (Å²) in [6, 6.07) is 0. The predicted molar refractivity (Wildman–Crippen MR) is 66.8 cm³/mol. The van der Waals surface area contributed by atoms with Gasteiger partial charge in [0.1, 0.15) is 0 Å². The first-order chi connectivity index (χ1) is 7.27. The number of nitrogens with zero attached hydrogens (tertiary/aromatic N) is 2. The molecule has 0 aliphatic carbocycles. The zero-order valence-electron chi connectivity index (χ0n) is 9.95. The molecule has 15 heavy (non-hydrogen) atoms. The summed E-state index contributed by atoms with van der Waals surface area (Å²) < 4.78 is 0. The van der Waals surface area contributed by atoms with E-state index in [1.807, 2.05) is 12.2 Å². The minimum atomic E-state index is 1.12. The van der Waals surface area contributed by atoms with E-state index < -0.39 is 0 Å². The van der Waals surface area contributed by atoms with Crippen LogP contribution in [0.2, 0.25) is 0 Å². The molecule has 0 radical (unpaired) electrons. The monoisotopic (exact) mass is 206 g/mol. The van der Waals surface area contributed by atoms with Crippen molar-refractivity contribution in [1.29, 1.82) is 0 Å². The number of allylic oxidation sites excluding steroid dienone is 4. The summed E-state index contributed by atoms with van der Waals surface area (Å²) in [5, 5.41) is 0. The predicted octanol–water partition coefficient (Wildman–Crippen LogP) is 2.27. The highest BCUT2D eigenvalue weighted by Crippen LogP contribution is 2.10. The van der Waals surface area contributed by atoms with E-state index in [4.69, 9.17) is 0 Å². The van der Waals surface area contributed by atoms with E-state index in [2.05, 4.69) is 42.5 Å². The molecule has 1 fully saturated rings.